The molecule has 0 aliphatic rings. The van der Waals surface area contributed by atoms with Crippen LogP contribution in [0.4, 0.5) is 5.82 Å². The Balaban J connectivity index is 2.42. The molecule has 0 saturated heterocycles. The predicted molar refractivity (Wildman–Crippen MR) is 94.0 cm³/mol. The quantitative estimate of drug-likeness (QED) is 0.809. The van der Waals surface area contributed by atoms with E-state index in [9.17, 15) is 0 Å². The van der Waals surface area contributed by atoms with Crippen LogP contribution in [0.15, 0.2) is 18.2 Å². The third-order valence-corrected chi connectivity index (χ3v) is 4.00. The van der Waals surface area contributed by atoms with Gasteiger partial charge in [-0.05, 0) is 39.7 Å². The van der Waals surface area contributed by atoms with Gasteiger partial charge in [-0.3, -0.25) is 4.40 Å². The lowest BCUT2D eigenvalue weighted by Gasteiger charge is -2.27. The molecule has 1 N–H and O–H groups in total. The van der Waals surface area contributed by atoms with Crippen molar-refractivity contribution in [3.63, 3.8) is 0 Å². The number of fused-ring (bicyclic) bond motifs is 1. The molecular weight excluding hydrogens is 298 g/mol. The Morgan fingerprint density at radius 1 is 1.23 bits per heavy atom. The third kappa shape index (κ3) is 3.72. The molecule has 0 fully saturated rings. The van der Waals surface area contributed by atoms with Crippen molar-refractivity contribution in [1.82, 2.24) is 19.6 Å². The SMILES string of the molecule is CCCN(CCN(C)C)c1cccc2nc(CNC)c(Cl)n12. The largest absolute Gasteiger partial charge is 0.356 e. The minimum Gasteiger partial charge on any atom is -0.356 e. The Bertz CT molecular complexity index is 608. The van der Waals surface area contributed by atoms with Gasteiger partial charge in [-0.2, -0.15) is 0 Å². The molecule has 2 heterocycles. The summed E-state index contributed by atoms with van der Waals surface area (Å²) in [6.45, 7) is 5.85. The lowest BCUT2D eigenvalue weighted by molar-refractivity contribution is 0.412. The Labute approximate surface area is 137 Å². The molecule has 0 saturated carbocycles. The molecule has 122 valence electrons. The van der Waals surface area contributed by atoms with Crippen LogP contribution < -0.4 is 10.2 Å². The Morgan fingerprint density at radius 2 is 2.00 bits per heavy atom. The molecule has 5 nitrogen and oxygen atoms in total. The van der Waals surface area contributed by atoms with Gasteiger partial charge < -0.3 is 15.1 Å². The third-order valence-electron chi connectivity index (χ3n) is 3.61. The van der Waals surface area contributed by atoms with Crippen LogP contribution in [0, 0.1) is 0 Å². The van der Waals surface area contributed by atoms with E-state index in [1.54, 1.807) is 0 Å². The number of halogens is 1. The number of nitrogens with zero attached hydrogens (tertiary/aromatic N) is 4. The highest BCUT2D eigenvalue weighted by atomic mass is 35.5. The van der Waals surface area contributed by atoms with Crippen molar-refractivity contribution in [2.24, 2.45) is 0 Å². The van der Waals surface area contributed by atoms with E-state index in [2.05, 4.69) is 57.7 Å². The molecule has 2 aromatic rings. The van der Waals surface area contributed by atoms with Gasteiger partial charge in [0.2, 0.25) is 0 Å². The van der Waals surface area contributed by atoms with Crippen molar-refractivity contribution in [3.05, 3.63) is 29.0 Å². The number of pyridine rings is 1. The van der Waals surface area contributed by atoms with Crippen LogP contribution >= 0.6 is 11.6 Å². The minimum absolute atomic E-state index is 0.672. The van der Waals surface area contributed by atoms with E-state index in [4.69, 9.17) is 11.6 Å². The summed E-state index contributed by atoms with van der Waals surface area (Å²) in [5.41, 5.74) is 1.79. The molecule has 0 aliphatic carbocycles. The Kier molecular flexibility index (Phi) is 6.06. The molecule has 2 rings (SSSR count). The van der Waals surface area contributed by atoms with Gasteiger partial charge in [0.05, 0.1) is 5.69 Å². The van der Waals surface area contributed by atoms with Crippen LogP contribution in [-0.4, -0.2) is 55.1 Å². The van der Waals surface area contributed by atoms with Crippen molar-refractivity contribution in [3.8, 4) is 0 Å². The molecule has 0 aliphatic heterocycles. The monoisotopic (exact) mass is 323 g/mol. The summed E-state index contributed by atoms with van der Waals surface area (Å²) in [5, 5.41) is 3.82. The first-order valence-corrected chi connectivity index (χ1v) is 8.16. The van der Waals surface area contributed by atoms with Crippen LogP contribution in [-0.2, 0) is 6.54 Å². The van der Waals surface area contributed by atoms with Crippen LogP contribution in [0.5, 0.6) is 0 Å². The van der Waals surface area contributed by atoms with E-state index >= 15 is 0 Å². The summed E-state index contributed by atoms with van der Waals surface area (Å²) < 4.78 is 2.06. The maximum Gasteiger partial charge on any atom is 0.139 e. The number of hydrogen-bond acceptors (Lipinski definition) is 4. The maximum atomic E-state index is 6.57. The fraction of sp³-hybridized carbons (Fsp3) is 0.562. The van der Waals surface area contributed by atoms with Crippen molar-refractivity contribution in [2.45, 2.75) is 19.9 Å². The van der Waals surface area contributed by atoms with Crippen LogP contribution in [0.25, 0.3) is 5.65 Å². The van der Waals surface area contributed by atoms with Crippen molar-refractivity contribution >= 4 is 23.1 Å². The highest BCUT2D eigenvalue weighted by molar-refractivity contribution is 6.30. The number of aromatic nitrogens is 2. The smallest absolute Gasteiger partial charge is 0.139 e. The van der Waals surface area contributed by atoms with E-state index in [-0.39, 0.29) is 0 Å². The number of rotatable bonds is 8. The topological polar surface area (TPSA) is 35.8 Å². The van der Waals surface area contributed by atoms with Gasteiger partial charge in [0.1, 0.15) is 16.6 Å². The molecular formula is C16H26ClN5. The Morgan fingerprint density at radius 3 is 2.64 bits per heavy atom. The molecule has 0 bridgehead atoms. The summed E-state index contributed by atoms with van der Waals surface area (Å²) in [7, 11) is 6.10. The van der Waals surface area contributed by atoms with Crippen LogP contribution in [0.1, 0.15) is 19.0 Å². The van der Waals surface area contributed by atoms with E-state index in [0.717, 1.165) is 43.2 Å². The van der Waals surface area contributed by atoms with Gasteiger partial charge in [0, 0.05) is 26.2 Å². The lowest BCUT2D eigenvalue weighted by atomic mass is 10.3. The number of anilines is 1. The zero-order chi connectivity index (χ0) is 16.1. The first-order chi connectivity index (χ1) is 10.6. The van der Waals surface area contributed by atoms with Gasteiger partial charge in [0.25, 0.3) is 0 Å². The predicted octanol–water partition coefficient (Wildman–Crippen LogP) is 2.49. The van der Waals surface area contributed by atoms with Crippen LogP contribution in [0.2, 0.25) is 5.15 Å². The summed E-state index contributed by atoms with van der Waals surface area (Å²) >= 11 is 6.57. The summed E-state index contributed by atoms with van der Waals surface area (Å²) in [6, 6.07) is 6.18. The zero-order valence-electron chi connectivity index (χ0n) is 13.9. The zero-order valence-corrected chi connectivity index (χ0v) is 14.7. The fourth-order valence-corrected chi connectivity index (χ4v) is 2.83. The van der Waals surface area contributed by atoms with Crippen molar-refractivity contribution in [2.75, 3.05) is 45.7 Å². The second kappa shape index (κ2) is 7.81. The Hall–Kier alpha value is -1.30. The second-order valence-corrected chi connectivity index (χ2v) is 6.11. The highest BCUT2D eigenvalue weighted by Crippen LogP contribution is 2.25. The fourth-order valence-electron chi connectivity index (χ4n) is 2.55. The number of nitrogens with one attached hydrogen (secondary N) is 1. The molecule has 2 aromatic heterocycles. The van der Waals surface area contributed by atoms with Gasteiger partial charge in [0.15, 0.2) is 0 Å². The van der Waals surface area contributed by atoms with Crippen molar-refractivity contribution in [1.29, 1.82) is 0 Å². The summed E-state index contributed by atoms with van der Waals surface area (Å²) in [4.78, 5) is 9.21. The lowest BCUT2D eigenvalue weighted by Crippen LogP contribution is -2.33. The van der Waals surface area contributed by atoms with Gasteiger partial charge in [-0.15, -0.1) is 0 Å². The second-order valence-electron chi connectivity index (χ2n) is 5.75. The molecule has 0 unspecified atom stereocenters. The number of imidazole rings is 1. The molecule has 22 heavy (non-hydrogen) atoms. The van der Waals surface area contributed by atoms with E-state index in [1.807, 2.05) is 13.1 Å². The van der Waals surface area contributed by atoms with Gasteiger partial charge >= 0.3 is 0 Å². The number of likely N-dealkylation sites (N-methyl/N-ethyl adjacent to an activating group) is 1. The van der Waals surface area contributed by atoms with E-state index in [1.165, 1.54) is 0 Å². The van der Waals surface area contributed by atoms with Gasteiger partial charge in [-0.1, -0.05) is 24.6 Å². The molecule has 0 aromatic carbocycles. The molecule has 0 radical (unpaired) electrons. The number of hydrogen-bond donors (Lipinski definition) is 1. The summed E-state index contributed by atoms with van der Waals surface area (Å²) in [6.07, 6.45) is 1.10. The summed E-state index contributed by atoms with van der Waals surface area (Å²) in [5.74, 6) is 1.11. The first-order valence-electron chi connectivity index (χ1n) is 7.78. The van der Waals surface area contributed by atoms with E-state index < -0.39 is 0 Å². The molecule has 6 heteroatoms. The van der Waals surface area contributed by atoms with E-state index in [0.29, 0.717) is 11.7 Å². The molecule has 0 spiro atoms. The normalized spacial score (nSPS) is 11.5. The average molecular weight is 324 g/mol. The highest BCUT2D eigenvalue weighted by Gasteiger charge is 2.16. The maximum absolute atomic E-state index is 6.57. The molecule has 0 atom stereocenters. The standard InChI is InChI=1S/C16H26ClN5/c1-5-9-21(11-10-20(3)4)15-8-6-7-14-19-13(12-18-2)16(17)22(14)15/h6-8,18H,5,9-12H2,1-4H3. The van der Waals surface area contributed by atoms with Gasteiger partial charge in [-0.25, -0.2) is 4.98 Å². The first kappa shape index (κ1) is 17.1. The van der Waals surface area contributed by atoms with Crippen molar-refractivity contribution < 1.29 is 0 Å². The molecule has 0 amide bonds. The minimum atomic E-state index is 0.672. The average Bonchev–Trinajstić information content (AvgIpc) is 2.80. The van der Waals surface area contributed by atoms with Crippen LogP contribution in [0.3, 0.4) is 0 Å².